The van der Waals surface area contributed by atoms with Gasteiger partial charge in [0, 0.05) is 18.7 Å². The van der Waals surface area contributed by atoms with Crippen LogP contribution in [-0.4, -0.2) is 25.5 Å². The lowest BCUT2D eigenvalue weighted by Crippen LogP contribution is -2.28. The van der Waals surface area contributed by atoms with E-state index >= 15 is 0 Å². The van der Waals surface area contributed by atoms with Crippen molar-refractivity contribution in [1.29, 1.82) is 0 Å². The molecule has 1 atom stereocenters. The standard InChI is InChI=1S/C20H22N2O3/c1-13-8-14(2)10-16(9-13)21-20(24)15-11-19(23)22(12-15)17-6-4-5-7-18(17)25-3/h4-10,15H,11-12H2,1-3H3,(H,21,24). The molecule has 2 aromatic rings. The quantitative estimate of drug-likeness (QED) is 0.930. The van der Waals surface area contributed by atoms with Crippen LogP contribution in [0.1, 0.15) is 17.5 Å². The molecule has 1 unspecified atom stereocenters. The third kappa shape index (κ3) is 3.65. The Morgan fingerprint density at radius 2 is 1.84 bits per heavy atom. The average Bonchev–Trinajstić information content (AvgIpc) is 2.95. The Labute approximate surface area is 147 Å². The first-order valence-electron chi connectivity index (χ1n) is 8.30. The van der Waals surface area contributed by atoms with Gasteiger partial charge in [-0.15, -0.1) is 0 Å². The van der Waals surface area contributed by atoms with Crippen molar-refractivity contribution in [3.05, 3.63) is 53.6 Å². The number of anilines is 2. The number of carbonyl (C=O) groups is 2. The van der Waals surface area contributed by atoms with Crippen molar-refractivity contribution in [3.63, 3.8) is 0 Å². The summed E-state index contributed by atoms with van der Waals surface area (Å²) >= 11 is 0. The summed E-state index contributed by atoms with van der Waals surface area (Å²) in [5.74, 6) is 0.0604. The molecule has 0 aliphatic carbocycles. The smallest absolute Gasteiger partial charge is 0.229 e. The molecule has 5 heteroatoms. The summed E-state index contributed by atoms with van der Waals surface area (Å²) in [6.45, 7) is 4.34. The topological polar surface area (TPSA) is 58.6 Å². The van der Waals surface area contributed by atoms with Gasteiger partial charge < -0.3 is 15.0 Å². The summed E-state index contributed by atoms with van der Waals surface area (Å²) in [5.41, 5.74) is 3.66. The average molecular weight is 338 g/mol. The van der Waals surface area contributed by atoms with Crippen LogP contribution in [-0.2, 0) is 9.59 Å². The summed E-state index contributed by atoms with van der Waals surface area (Å²) in [6.07, 6.45) is 0.203. The number of nitrogens with zero attached hydrogens (tertiary/aromatic N) is 1. The number of nitrogens with one attached hydrogen (secondary N) is 1. The number of rotatable bonds is 4. The van der Waals surface area contributed by atoms with Crippen LogP contribution in [0.5, 0.6) is 5.75 Å². The molecule has 2 amide bonds. The molecule has 1 heterocycles. The highest BCUT2D eigenvalue weighted by Gasteiger charge is 2.36. The zero-order chi connectivity index (χ0) is 18.0. The minimum atomic E-state index is -0.377. The molecule has 130 valence electrons. The second-order valence-corrected chi connectivity index (χ2v) is 6.44. The number of para-hydroxylation sites is 2. The molecule has 1 aliphatic heterocycles. The Morgan fingerprint density at radius 3 is 2.52 bits per heavy atom. The predicted molar refractivity (Wildman–Crippen MR) is 98.0 cm³/mol. The lowest BCUT2D eigenvalue weighted by atomic mass is 10.1. The Balaban J connectivity index is 1.74. The molecule has 2 aromatic carbocycles. The third-order valence-electron chi connectivity index (χ3n) is 4.36. The van der Waals surface area contributed by atoms with Gasteiger partial charge in [0.05, 0.1) is 18.7 Å². The molecule has 1 N–H and O–H groups in total. The van der Waals surface area contributed by atoms with E-state index in [1.165, 1.54) is 0 Å². The molecule has 1 fully saturated rings. The number of hydrogen-bond donors (Lipinski definition) is 1. The van der Waals surface area contributed by atoms with Crippen molar-refractivity contribution in [2.24, 2.45) is 5.92 Å². The molecule has 0 bridgehead atoms. The van der Waals surface area contributed by atoms with Crippen LogP contribution in [0.25, 0.3) is 0 Å². The molecule has 1 aliphatic rings. The van der Waals surface area contributed by atoms with Crippen molar-refractivity contribution in [1.82, 2.24) is 0 Å². The largest absolute Gasteiger partial charge is 0.495 e. The number of amides is 2. The van der Waals surface area contributed by atoms with E-state index < -0.39 is 0 Å². The maximum Gasteiger partial charge on any atom is 0.229 e. The first-order chi connectivity index (χ1) is 12.0. The second-order valence-electron chi connectivity index (χ2n) is 6.44. The summed E-state index contributed by atoms with van der Waals surface area (Å²) in [5, 5.41) is 2.94. The van der Waals surface area contributed by atoms with Gasteiger partial charge in [-0.2, -0.15) is 0 Å². The van der Waals surface area contributed by atoms with Crippen molar-refractivity contribution in [2.75, 3.05) is 23.9 Å². The third-order valence-corrected chi connectivity index (χ3v) is 4.36. The van der Waals surface area contributed by atoms with Gasteiger partial charge >= 0.3 is 0 Å². The SMILES string of the molecule is COc1ccccc1N1CC(C(=O)Nc2cc(C)cc(C)c2)CC1=O. The maximum atomic E-state index is 12.6. The normalized spacial score (nSPS) is 16.8. The van der Waals surface area contributed by atoms with Gasteiger partial charge in [-0.3, -0.25) is 9.59 Å². The van der Waals surface area contributed by atoms with Gasteiger partial charge in [-0.1, -0.05) is 18.2 Å². The van der Waals surface area contributed by atoms with Crippen molar-refractivity contribution >= 4 is 23.2 Å². The van der Waals surface area contributed by atoms with E-state index in [0.29, 0.717) is 18.0 Å². The summed E-state index contributed by atoms with van der Waals surface area (Å²) < 4.78 is 5.33. The molecule has 0 spiro atoms. The van der Waals surface area contributed by atoms with Gasteiger partial charge in [0.25, 0.3) is 0 Å². The van der Waals surface area contributed by atoms with E-state index in [2.05, 4.69) is 11.4 Å². The van der Waals surface area contributed by atoms with Gasteiger partial charge in [0.2, 0.25) is 11.8 Å². The van der Waals surface area contributed by atoms with Crippen LogP contribution in [0.4, 0.5) is 11.4 Å². The monoisotopic (exact) mass is 338 g/mol. The number of aryl methyl sites for hydroxylation is 2. The minimum Gasteiger partial charge on any atom is -0.495 e. The highest BCUT2D eigenvalue weighted by molar-refractivity contribution is 6.04. The maximum absolute atomic E-state index is 12.6. The summed E-state index contributed by atoms with van der Waals surface area (Å²) in [4.78, 5) is 26.6. The summed E-state index contributed by atoms with van der Waals surface area (Å²) in [7, 11) is 1.57. The number of hydrogen-bond acceptors (Lipinski definition) is 3. The Kier molecular flexibility index (Phi) is 4.74. The summed E-state index contributed by atoms with van der Waals surface area (Å²) in [6, 6.07) is 13.3. The van der Waals surface area contributed by atoms with Crippen molar-refractivity contribution < 1.29 is 14.3 Å². The fourth-order valence-corrected chi connectivity index (χ4v) is 3.26. The molecule has 0 radical (unpaired) electrons. The van der Waals surface area contributed by atoms with Crippen LogP contribution in [0.2, 0.25) is 0 Å². The van der Waals surface area contributed by atoms with Gasteiger partial charge in [-0.25, -0.2) is 0 Å². The van der Waals surface area contributed by atoms with Gasteiger partial charge in [-0.05, 0) is 49.2 Å². The van der Waals surface area contributed by atoms with Gasteiger partial charge in [0.1, 0.15) is 5.75 Å². The molecular weight excluding hydrogens is 316 g/mol. The highest BCUT2D eigenvalue weighted by atomic mass is 16.5. The zero-order valence-electron chi connectivity index (χ0n) is 14.7. The van der Waals surface area contributed by atoms with Crippen LogP contribution in [0.3, 0.4) is 0 Å². The molecule has 5 nitrogen and oxygen atoms in total. The molecule has 0 aromatic heterocycles. The molecule has 3 rings (SSSR count). The highest BCUT2D eigenvalue weighted by Crippen LogP contribution is 2.33. The molecule has 1 saturated heterocycles. The molecule has 25 heavy (non-hydrogen) atoms. The van der Waals surface area contributed by atoms with E-state index in [-0.39, 0.29) is 24.2 Å². The van der Waals surface area contributed by atoms with E-state index in [4.69, 9.17) is 4.74 Å². The number of methoxy groups -OCH3 is 1. The van der Waals surface area contributed by atoms with Crippen LogP contribution < -0.4 is 15.0 Å². The minimum absolute atomic E-state index is 0.0647. The fourth-order valence-electron chi connectivity index (χ4n) is 3.26. The Morgan fingerprint density at radius 1 is 1.16 bits per heavy atom. The van der Waals surface area contributed by atoms with Crippen molar-refractivity contribution in [2.45, 2.75) is 20.3 Å². The predicted octanol–water partition coefficient (Wildman–Crippen LogP) is 3.30. The van der Waals surface area contributed by atoms with Gasteiger partial charge in [0.15, 0.2) is 0 Å². The van der Waals surface area contributed by atoms with Crippen molar-refractivity contribution in [3.8, 4) is 5.75 Å². The van der Waals surface area contributed by atoms with E-state index in [9.17, 15) is 9.59 Å². The number of carbonyl (C=O) groups excluding carboxylic acids is 2. The lowest BCUT2D eigenvalue weighted by Gasteiger charge is -2.19. The lowest BCUT2D eigenvalue weighted by molar-refractivity contribution is -0.122. The van der Waals surface area contributed by atoms with E-state index in [1.54, 1.807) is 12.0 Å². The molecular formula is C20H22N2O3. The first-order valence-corrected chi connectivity index (χ1v) is 8.30. The Bertz CT molecular complexity index is 796. The molecule has 0 saturated carbocycles. The fraction of sp³-hybridized carbons (Fsp3) is 0.300. The van der Waals surface area contributed by atoms with E-state index in [0.717, 1.165) is 16.8 Å². The van der Waals surface area contributed by atoms with Crippen LogP contribution >= 0.6 is 0 Å². The first kappa shape index (κ1) is 17.0. The Hall–Kier alpha value is -2.82. The second kappa shape index (κ2) is 6.97. The number of benzene rings is 2. The number of ether oxygens (including phenoxy) is 1. The van der Waals surface area contributed by atoms with Crippen LogP contribution in [0, 0.1) is 19.8 Å². The zero-order valence-corrected chi connectivity index (χ0v) is 14.7. The van der Waals surface area contributed by atoms with Crippen LogP contribution in [0.15, 0.2) is 42.5 Å². The van der Waals surface area contributed by atoms with E-state index in [1.807, 2.05) is 50.2 Å².